The maximum absolute atomic E-state index is 12.7. The molecule has 3 aromatic rings. The lowest BCUT2D eigenvalue weighted by Gasteiger charge is -2.09. The lowest BCUT2D eigenvalue weighted by molar-refractivity contribution is -0.129. The number of cyclic esters (lactones) is 1. The molecule has 0 bridgehead atoms. The van der Waals surface area contributed by atoms with Crippen molar-refractivity contribution in [1.82, 2.24) is 0 Å². The molecule has 0 spiro atoms. The number of rotatable bonds is 4. The van der Waals surface area contributed by atoms with Crippen LogP contribution in [-0.4, -0.2) is 24.6 Å². The Hall–Kier alpha value is -3.91. The van der Waals surface area contributed by atoms with E-state index in [1.165, 1.54) is 6.08 Å². The second kappa shape index (κ2) is 8.55. The van der Waals surface area contributed by atoms with Gasteiger partial charge in [0.05, 0.1) is 5.56 Å². The number of ether oxygens (including phenoxy) is 4. The summed E-state index contributed by atoms with van der Waals surface area (Å²) in [4.78, 5) is 29.5. The molecule has 164 valence electrons. The van der Waals surface area contributed by atoms with Gasteiger partial charge in [-0.2, -0.15) is 0 Å². The number of aliphatic imine (C=N–C) groups is 1. The summed E-state index contributed by atoms with van der Waals surface area (Å²) in [6, 6.07) is 17.4. The first-order valence-corrected chi connectivity index (χ1v) is 10.8. The molecule has 7 nitrogen and oxygen atoms in total. The van der Waals surface area contributed by atoms with Crippen molar-refractivity contribution in [2.24, 2.45) is 4.99 Å². The maximum Gasteiger partial charge on any atom is 0.363 e. The molecule has 2 aliphatic rings. The average molecular weight is 506 g/mol. The van der Waals surface area contributed by atoms with Crippen LogP contribution in [0.2, 0.25) is 0 Å². The van der Waals surface area contributed by atoms with Crippen LogP contribution >= 0.6 is 15.9 Å². The molecule has 33 heavy (non-hydrogen) atoms. The molecule has 0 saturated heterocycles. The lowest BCUT2D eigenvalue weighted by Crippen LogP contribution is -2.09. The van der Waals surface area contributed by atoms with E-state index >= 15 is 0 Å². The minimum atomic E-state index is -0.585. The van der Waals surface area contributed by atoms with Gasteiger partial charge in [-0.15, -0.1) is 0 Å². The highest BCUT2D eigenvalue weighted by Crippen LogP contribution is 2.33. The minimum Gasteiger partial charge on any atom is -0.454 e. The largest absolute Gasteiger partial charge is 0.454 e. The van der Waals surface area contributed by atoms with Gasteiger partial charge in [-0.3, -0.25) is 0 Å². The van der Waals surface area contributed by atoms with E-state index in [1.807, 2.05) is 31.2 Å². The number of hydrogen-bond donors (Lipinski definition) is 0. The normalized spacial score (nSPS) is 15.4. The zero-order valence-corrected chi connectivity index (χ0v) is 18.9. The molecule has 2 aliphatic heterocycles. The summed E-state index contributed by atoms with van der Waals surface area (Å²) in [5.41, 5.74) is 2.67. The lowest BCUT2D eigenvalue weighted by atomic mass is 10.1. The second-order valence-electron chi connectivity index (χ2n) is 7.34. The first-order valence-electron chi connectivity index (χ1n) is 9.97. The highest BCUT2D eigenvalue weighted by Gasteiger charge is 2.25. The number of fused-ring (bicyclic) bond motifs is 1. The minimum absolute atomic E-state index is 0.101. The average Bonchev–Trinajstić information content (AvgIpc) is 3.42. The van der Waals surface area contributed by atoms with E-state index in [4.69, 9.17) is 18.9 Å². The molecule has 0 amide bonds. The van der Waals surface area contributed by atoms with Crippen molar-refractivity contribution in [2.45, 2.75) is 6.92 Å². The van der Waals surface area contributed by atoms with Gasteiger partial charge in [0.15, 0.2) is 17.2 Å². The molecule has 0 aromatic heterocycles. The van der Waals surface area contributed by atoms with Crippen LogP contribution < -0.4 is 14.2 Å². The van der Waals surface area contributed by atoms with Gasteiger partial charge in [-0.25, -0.2) is 14.6 Å². The Labute approximate surface area is 197 Å². The summed E-state index contributed by atoms with van der Waals surface area (Å²) >= 11 is 3.41. The molecule has 5 rings (SSSR count). The third-order valence-electron chi connectivity index (χ3n) is 4.99. The van der Waals surface area contributed by atoms with Crippen molar-refractivity contribution in [3.8, 4) is 17.2 Å². The molecule has 0 atom stereocenters. The van der Waals surface area contributed by atoms with Gasteiger partial charge in [-0.1, -0.05) is 33.6 Å². The third kappa shape index (κ3) is 4.38. The molecular weight excluding hydrogens is 490 g/mol. The Morgan fingerprint density at radius 3 is 2.64 bits per heavy atom. The molecule has 0 radical (unpaired) electrons. The molecule has 0 aliphatic carbocycles. The molecule has 0 N–H and O–H groups in total. The fourth-order valence-electron chi connectivity index (χ4n) is 3.28. The van der Waals surface area contributed by atoms with Gasteiger partial charge in [0.2, 0.25) is 12.7 Å². The molecular formula is C25H16BrNO6. The summed E-state index contributed by atoms with van der Waals surface area (Å²) < 4.78 is 22.3. The topological polar surface area (TPSA) is 83.4 Å². The van der Waals surface area contributed by atoms with Crippen LogP contribution in [0.5, 0.6) is 17.2 Å². The molecule has 3 aromatic carbocycles. The number of benzene rings is 3. The second-order valence-corrected chi connectivity index (χ2v) is 8.26. The predicted octanol–water partition coefficient (Wildman–Crippen LogP) is 5.05. The maximum atomic E-state index is 12.7. The summed E-state index contributed by atoms with van der Waals surface area (Å²) in [6.45, 7) is 2.08. The third-order valence-corrected chi connectivity index (χ3v) is 5.49. The van der Waals surface area contributed by atoms with Crippen molar-refractivity contribution in [3.05, 3.63) is 93.1 Å². The monoisotopic (exact) mass is 505 g/mol. The van der Waals surface area contributed by atoms with Crippen molar-refractivity contribution in [2.75, 3.05) is 6.79 Å². The van der Waals surface area contributed by atoms with E-state index in [2.05, 4.69) is 20.9 Å². The Kier molecular flexibility index (Phi) is 5.43. The van der Waals surface area contributed by atoms with E-state index in [9.17, 15) is 9.59 Å². The highest BCUT2D eigenvalue weighted by atomic mass is 79.9. The van der Waals surface area contributed by atoms with Crippen LogP contribution in [0.1, 0.15) is 27.0 Å². The van der Waals surface area contributed by atoms with Crippen LogP contribution in [0.25, 0.3) is 6.08 Å². The number of halogens is 1. The SMILES string of the molecule is Cc1ccc(C2=NC(=Cc3cc(Br)ccc3OC(=O)c3ccc4c(c3)OCO4)C(=O)O2)cc1. The van der Waals surface area contributed by atoms with Crippen molar-refractivity contribution in [3.63, 3.8) is 0 Å². The van der Waals surface area contributed by atoms with Crippen LogP contribution in [0.3, 0.4) is 0 Å². The summed E-state index contributed by atoms with van der Waals surface area (Å²) in [5, 5.41) is 0. The number of carbonyl (C=O) groups excluding carboxylic acids is 2. The van der Waals surface area contributed by atoms with E-state index in [0.29, 0.717) is 28.2 Å². The van der Waals surface area contributed by atoms with Gasteiger partial charge in [0, 0.05) is 15.6 Å². The van der Waals surface area contributed by atoms with Crippen LogP contribution in [0.15, 0.2) is 75.8 Å². The van der Waals surface area contributed by atoms with Gasteiger partial charge >= 0.3 is 11.9 Å². The van der Waals surface area contributed by atoms with E-state index in [-0.39, 0.29) is 24.1 Å². The predicted molar refractivity (Wildman–Crippen MR) is 123 cm³/mol. The number of esters is 2. The standard InChI is InChI=1S/C25H16BrNO6/c1-14-2-4-15(5-3-14)23-27-19(25(29)33-23)11-17-10-18(26)7-9-20(17)32-24(28)16-6-8-21-22(12-16)31-13-30-21/h2-12H,13H2,1H3. The van der Waals surface area contributed by atoms with E-state index in [1.54, 1.807) is 36.4 Å². The van der Waals surface area contributed by atoms with Gasteiger partial charge < -0.3 is 18.9 Å². The first-order chi connectivity index (χ1) is 16.0. The summed E-state index contributed by atoms with van der Waals surface area (Å²) in [7, 11) is 0. The molecule has 0 unspecified atom stereocenters. The smallest absolute Gasteiger partial charge is 0.363 e. The first kappa shape index (κ1) is 21.0. The quantitative estimate of drug-likeness (QED) is 0.280. The number of hydrogen-bond acceptors (Lipinski definition) is 7. The van der Waals surface area contributed by atoms with Crippen molar-refractivity contribution >= 4 is 39.8 Å². The van der Waals surface area contributed by atoms with Crippen LogP contribution in [-0.2, 0) is 9.53 Å². The zero-order chi connectivity index (χ0) is 22.9. The molecule has 0 saturated carbocycles. The van der Waals surface area contributed by atoms with Crippen molar-refractivity contribution < 1.29 is 28.5 Å². The zero-order valence-electron chi connectivity index (χ0n) is 17.3. The Bertz CT molecular complexity index is 1340. The van der Waals surface area contributed by atoms with Crippen LogP contribution in [0, 0.1) is 6.92 Å². The fourth-order valence-corrected chi connectivity index (χ4v) is 3.66. The molecule has 0 fully saturated rings. The van der Waals surface area contributed by atoms with Crippen LogP contribution in [0.4, 0.5) is 0 Å². The Morgan fingerprint density at radius 2 is 1.82 bits per heavy atom. The van der Waals surface area contributed by atoms with Gasteiger partial charge in [0.25, 0.3) is 0 Å². The van der Waals surface area contributed by atoms with Gasteiger partial charge in [-0.05, 0) is 61.5 Å². The molecule has 2 heterocycles. The fraction of sp³-hybridized carbons (Fsp3) is 0.0800. The number of nitrogens with zero attached hydrogens (tertiary/aromatic N) is 1. The Morgan fingerprint density at radius 1 is 1.03 bits per heavy atom. The van der Waals surface area contributed by atoms with E-state index in [0.717, 1.165) is 10.0 Å². The highest BCUT2D eigenvalue weighted by molar-refractivity contribution is 9.10. The van der Waals surface area contributed by atoms with Crippen molar-refractivity contribution in [1.29, 1.82) is 0 Å². The summed E-state index contributed by atoms with van der Waals surface area (Å²) in [6.07, 6.45) is 1.52. The number of carbonyl (C=O) groups is 2. The Balaban J connectivity index is 1.44. The summed E-state index contributed by atoms with van der Waals surface area (Å²) in [5.74, 6) is 0.379. The molecule has 8 heteroatoms. The van der Waals surface area contributed by atoms with E-state index < -0.39 is 11.9 Å². The van der Waals surface area contributed by atoms with Gasteiger partial charge in [0.1, 0.15) is 5.75 Å². The number of aryl methyl sites for hydroxylation is 1.